The molecule has 0 spiro atoms. The van der Waals surface area contributed by atoms with Gasteiger partial charge in [0.1, 0.15) is 18.1 Å². The van der Waals surface area contributed by atoms with Crippen molar-refractivity contribution in [1.82, 2.24) is 10.2 Å². The summed E-state index contributed by atoms with van der Waals surface area (Å²) in [5.74, 6) is -1.03. The van der Waals surface area contributed by atoms with Gasteiger partial charge in [-0.15, -0.1) is 0 Å². The molecule has 0 radical (unpaired) electrons. The van der Waals surface area contributed by atoms with E-state index in [0.717, 1.165) is 5.56 Å². The van der Waals surface area contributed by atoms with E-state index in [9.17, 15) is 14.7 Å². The van der Waals surface area contributed by atoms with E-state index in [0.29, 0.717) is 36.8 Å². The molecule has 0 aliphatic carbocycles. The molecule has 1 aromatic heterocycles. The quantitative estimate of drug-likeness (QED) is 0.662. The van der Waals surface area contributed by atoms with Crippen molar-refractivity contribution in [3.8, 4) is 5.75 Å². The van der Waals surface area contributed by atoms with Crippen LogP contribution in [0.2, 0.25) is 0 Å². The number of carboxylic acid groups (broad SMARTS) is 1. The summed E-state index contributed by atoms with van der Waals surface area (Å²) in [5, 5.41) is 18.4. The summed E-state index contributed by atoms with van der Waals surface area (Å²) in [4.78, 5) is 23.4. The second-order valence-electron chi connectivity index (χ2n) is 5.60. The standard InChI is InChI=1S/C17H19N3O5/c1-2-24-5-6-25-10-3-4-11-12(8-15(21)19-14(11)7-10)13-9-18-20-16(13)17(22)23/h3-4,7,9,12H,2,5-6,8H2,1H3,(H,18,20)(H,19,21)(H,22,23). The number of carbonyl (C=O) groups excluding carboxylic acids is 1. The molecule has 8 heteroatoms. The molecule has 1 atom stereocenters. The summed E-state index contributed by atoms with van der Waals surface area (Å²) in [5.41, 5.74) is 1.95. The lowest BCUT2D eigenvalue weighted by molar-refractivity contribution is -0.116. The predicted molar refractivity (Wildman–Crippen MR) is 89.1 cm³/mol. The number of amides is 1. The number of benzene rings is 1. The van der Waals surface area contributed by atoms with Crippen LogP contribution in [0, 0.1) is 0 Å². The molecule has 132 valence electrons. The molecule has 25 heavy (non-hydrogen) atoms. The molecule has 2 aromatic rings. The topological polar surface area (TPSA) is 114 Å². The van der Waals surface area contributed by atoms with Crippen LogP contribution in [-0.2, 0) is 9.53 Å². The number of hydrogen-bond acceptors (Lipinski definition) is 5. The van der Waals surface area contributed by atoms with E-state index >= 15 is 0 Å². The second-order valence-corrected chi connectivity index (χ2v) is 5.60. The van der Waals surface area contributed by atoms with Crippen molar-refractivity contribution in [3.05, 3.63) is 41.2 Å². The Hall–Kier alpha value is -2.87. The van der Waals surface area contributed by atoms with Crippen LogP contribution in [0.4, 0.5) is 5.69 Å². The SMILES string of the molecule is CCOCCOc1ccc2c(c1)NC(=O)CC2c1cn[nH]c1C(=O)O. The van der Waals surface area contributed by atoms with E-state index in [4.69, 9.17) is 9.47 Å². The largest absolute Gasteiger partial charge is 0.491 e. The highest BCUT2D eigenvalue weighted by Crippen LogP contribution is 2.39. The average Bonchev–Trinajstić information content (AvgIpc) is 3.07. The zero-order valence-electron chi connectivity index (χ0n) is 13.7. The van der Waals surface area contributed by atoms with E-state index in [1.54, 1.807) is 12.1 Å². The summed E-state index contributed by atoms with van der Waals surface area (Å²) in [6.07, 6.45) is 1.63. The maximum Gasteiger partial charge on any atom is 0.354 e. The normalized spacial score (nSPS) is 16.2. The average molecular weight is 345 g/mol. The van der Waals surface area contributed by atoms with Gasteiger partial charge in [0.25, 0.3) is 0 Å². The number of H-pyrrole nitrogens is 1. The first-order chi connectivity index (χ1) is 12.1. The van der Waals surface area contributed by atoms with Crippen molar-refractivity contribution in [3.63, 3.8) is 0 Å². The van der Waals surface area contributed by atoms with Gasteiger partial charge >= 0.3 is 5.97 Å². The summed E-state index contributed by atoms with van der Waals surface area (Å²) in [6, 6.07) is 5.38. The molecular formula is C17H19N3O5. The molecule has 0 bridgehead atoms. The van der Waals surface area contributed by atoms with Gasteiger partial charge in [-0.2, -0.15) is 5.10 Å². The van der Waals surface area contributed by atoms with Gasteiger partial charge in [0.15, 0.2) is 0 Å². The zero-order chi connectivity index (χ0) is 17.8. The number of nitrogens with zero attached hydrogens (tertiary/aromatic N) is 1. The van der Waals surface area contributed by atoms with Gasteiger partial charge in [-0.1, -0.05) is 6.07 Å². The highest BCUT2D eigenvalue weighted by Gasteiger charge is 2.30. The Morgan fingerprint density at radius 3 is 2.96 bits per heavy atom. The summed E-state index contributed by atoms with van der Waals surface area (Å²) in [7, 11) is 0. The molecule has 1 aliphatic rings. The lowest BCUT2D eigenvalue weighted by atomic mass is 9.85. The lowest BCUT2D eigenvalue weighted by Crippen LogP contribution is -2.24. The molecule has 3 N–H and O–H groups in total. The molecule has 1 amide bonds. The smallest absolute Gasteiger partial charge is 0.354 e. The van der Waals surface area contributed by atoms with E-state index in [-0.39, 0.29) is 23.9 Å². The van der Waals surface area contributed by atoms with Crippen LogP contribution in [0.15, 0.2) is 24.4 Å². The van der Waals surface area contributed by atoms with Crippen LogP contribution in [-0.4, -0.2) is 47.0 Å². The molecule has 3 rings (SSSR count). The maximum atomic E-state index is 12.1. The number of aromatic carboxylic acids is 1. The predicted octanol–water partition coefficient (Wildman–Crippen LogP) is 2.00. The van der Waals surface area contributed by atoms with Gasteiger partial charge in [-0.05, 0) is 18.6 Å². The van der Waals surface area contributed by atoms with Crippen LogP contribution in [0.5, 0.6) is 5.75 Å². The van der Waals surface area contributed by atoms with Crippen LogP contribution in [0.3, 0.4) is 0 Å². The third-order valence-electron chi connectivity index (χ3n) is 4.02. The van der Waals surface area contributed by atoms with E-state index in [2.05, 4.69) is 15.5 Å². The highest BCUT2D eigenvalue weighted by molar-refractivity contribution is 5.96. The number of aromatic nitrogens is 2. The lowest BCUT2D eigenvalue weighted by Gasteiger charge is -2.26. The Morgan fingerprint density at radius 2 is 2.20 bits per heavy atom. The van der Waals surface area contributed by atoms with Crippen molar-refractivity contribution in [2.75, 3.05) is 25.1 Å². The second kappa shape index (κ2) is 7.35. The van der Waals surface area contributed by atoms with Crippen molar-refractivity contribution in [2.24, 2.45) is 0 Å². The van der Waals surface area contributed by atoms with Crippen molar-refractivity contribution < 1.29 is 24.2 Å². The fourth-order valence-corrected chi connectivity index (χ4v) is 2.91. The monoisotopic (exact) mass is 345 g/mol. The van der Waals surface area contributed by atoms with Crippen molar-refractivity contribution >= 4 is 17.6 Å². The van der Waals surface area contributed by atoms with Crippen molar-refractivity contribution in [1.29, 1.82) is 0 Å². The Balaban J connectivity index is 1.87. The molecule has 1 aliphatic heterocycles. The molecule has 1 aromatic carbocycles. The molecule has 8 nitrogen and oxygen atoms in total. The highest BCUT2D eigenvalue weighted by atomic mass is 16.5. The minimum Gasteiger partial charge on any atom is -0.491 e. The molecule has 0 saturated carbocycles. The molecule has 1 unspecified atom stereocenters. The summed E-state index contributed by atoms with van der Waals surface area (Å²) < 4.78 is 10.8. The van der Waals surface area contributed by atoms with Crippen molar-refractivity contribution in [2.45, 2.75) is 19.3 Å². The first-order valence-electron chi connectivity index (χ1n) is 8.01. The van der Waals surface area contributed by atoms with Gasteiger partial charge in [0, 0.05) is 36.3 Å². The number of rotatable bonds is 7. The molecular weight excluding hydrogens is 326 g/mol. The minimum atomic E-state index is -1.10. The van der Waals surface area contributed by atoms with E-state index in [1.165, 1.54) is 6.20 Å². The number of nitrogens with one attached hydrogen (secondary N) is 2. The van der Waals surface area contributed by atoms with Crippen LogP contribution >= 0.6 is 0 Å². The molecule has 2 heterocycles. The van der Waals surface area contributed by atoms with E-state index in [1.807, 2.05) is 13.0 Å². The first kappa shape index (κ1) is 17.0. The summed E-state index contributed by atoms with van der Waals surface area (Å²) >= 11 is 0. The van der Waals surface area contributed by atoms with Gasteiger partial charge in [0.05, 0.1) is 12.8 Å². The number of carbonyl (C=O) groups is 2. The van der Waals surface area contributed by atoms with Crippen LogP contribution in [0.1, 0.15) is 40.9 Å². The Morgan fingerprint density at radius 1 is 1.36 bits per heavy atom. The van der Waals surface area contributed by atoms with Gasteiger partial charge in [0.2, 0.25) is 5.91 Å². The van der Waals surface area contributed by atoms with Gasteiger partial charge in [-0.3, -0.25) is 9.89 Å². The van der Waals surface area contributed by atoms with E-state index < -0.39 is 5.97 Å². The number of anilines is 1. The third-order valence-corrected chi connectivity index (χ3v) is 4.02. The van der Waals surface area contributed by atoms with Gasteiger partial charge < -0.3 is 19.9 Å². The Bertz CT molecular complexity index is 786. The maximum absolute atomic E-state index is 12.1. The Labute approximate surface area is 144 Å². The number of fused-ring (bicyclic) bond motifs is 1. The number of ether oxygens (including phenoxy) is 2. The number of aromatic amines is 1. The first-order valence-corrected chi connectivity index (χ1v) is 8.01. The number of hydrogen-bond donors (Lipinski definition) is 3. The van der Waals surface area contributed by atoms with Crippen LogP contribution in [0.25, 0.3) is 0 Å². The Kier molecular flexibility index (Phi) is 4.99. The summed E-state index contributed by atoms with van der Waals surface area (Å²) in [6.45, 7) is 3.44. The molecule has 0 saturated heterocycles. The third kappa shape index (κ3) is 3.63. The fraction of sp³-hybridized carbons (Fsp3) is 0.353. The minimum absolute atomic E-state index is 0.00249. The fourth-order valence-electron chi connectivity index (χ4n) is 2.91. The van der Waals surface area contributed by atoms with Crippen LogP contribution < -0.4 is 10.1 Å². The molecule has 0 fully saturated rings. The van der Waals surface area contributed by atoms with Gasteiger partial charge in [-0.25, -0.2) is 4.79 Å². The number of carboxylic acids is 1. The zero-order valence-corrected chi connectivity index (χ0v) is 13.7.